The fourth-order valence-electron chi connectivity index (χ4n) is 3.30. The molecular weight excluding hydrogens is 282 g/mol. The molecule has 0 heterocycles. The molecule has 0 aliphatic carbocycles. The Hall–Kier alpha value is -1.93. The van der Waals surface area contributed by atoms with E-state index in [1.165, 1.54) is 11.1 Å². The number of hydrogen-bond donors (Lipinski definition) is 0. The third kappa shape index (κ3) is 4.08. The predicted octanol–water partition coefficient (Wildman–Crippen LogP) is 4.29. The van der Waals surface area contributed by atoms with Gasteiger partial charge in [0.2, 0.25) is 0 Å². The molecule has 0 aromatic heterocycles. The molecule has 0 spiro atoms. The molecule has 1 unspecified atom stereocenters. The largest absolute Gasteiger partial charge is 0.307 e. The molecule has 2 aromatic carbocycles. The fourth-order valence-corrected chi connectivity index (χ4v) is 3.30. The maximum Gasteiger partial charge on any atom is 0.120 e. The highest BCUT2D eigenvalue weighted by Gasteiger charge is 2.35. The molecule has 2 heteroatoms. The number of hydrogen-bond acceptors (Lipinski definition) is 2. The van der Waals surface area contributed by atoms with Gasteiger partial charge in [0.25, 0.3) is 0 Å². The SMILES string of the molecule is CC(CC(CCC=O)(c1ccccc1)c1ccccc1)N(C)C. The van der Waals surface area contributed by atoms with E-state index in [9.17, 15) is 4.79 Å². The maximum atomic E-state index is 11.1. The van der Waals surface area contributed by atoms with Gasteiger partial charge in [-0.25, -0.2) is 0 Å². The predicted molar refractivity (Wildman–Crippen MR) is 96.7 cm³/mol. The number of rotatable bonds is 8. The zero-order chi connectivity index (χ0) is 16.7. The second-order valence-corrected chi connectivity index (χ2v) is 6.54. The first-order valence-corrected chi connectivity index (χ1v) is 8.31. The first kappa shape index (κ1) is 17.4. The second-order valence-electron chi connectivity index (χ2n) is 6.54. The molecule has 23 heavy (non-hydrogen) atoms. The molecule has 0 bridgehead atoms. The van der Waals surface area contributed by atoms with Crippen LogP contribution in [0.25, 0.3) is 0 Å². The molecule has 2 nitrogen and oxygen atoms in total. The smallest absolute Gasteiger partial charge is 0.120 e. The second kappa shape index (κ2) is 8.07. The average Bonchev–Trinajstić information content (AvgIpc) is 2.60. The summed E-state index contributed by atoms with van der Waals surface area (Å²) in [7, 11) is 4.23. The summed E-state index contributed by atoms with van der Waals surface area (Å²) in [4.78, 5) is 13.4. The van der Waals surface area contributed by atoms with Crippen LogP contribution >= 0.6 is 0 Å². The highest BCUT2D eigenvalue weighted by Crippen LogP contribution is 2.41. The Morgan fingerprint density at radius 2 is 1.43 bits per heavy atom. The molecule has 2 rings (SSSR count). The third-order valence-corrected chi connectivity index (χ3v) is 4.87. The van der Waals surface area contributed by atoms with E-state index in [2.05, 4.69) is 74.4 Å². The molecule has 0 saturated carbocycles. The van der Waals surface area contributed by atoms with Crippen LogP contribution in [-0.2, 0) is 10.2 Å². The van der Waals surface area contributed by atoms with Crippen LogP contribution in [0.1, 0.15) is 37.3 Å². The van der Waals surface area contributed by atoms with Crippen molar-refractivity contribution in [2.75, 3.05) is 14.1 Å². The normalized spacial score (nSPS) is 13.0. The Morgan fingerprint density at radius 3 is 1.83 bits per heavy atom. The first-order valence-electron chi connectivity index (χ1n) is 8.31. The monoisotopic (exact) mass is 309 g/mol. The molecule has 0 fully saturated rings. The number of benzene rings is 2. The lowest BCUT2D eigenvalue weighted by atomic mass is 9.67. The van der Waals surface area contributed by atoms with E-state index in [1.54, 1.807) is 0 Å². The van der Waals surface area contributed by atoms with Crippen molar-refractivity contribution in [1.82, 2.24) is 4.90 Å². The molecule has 0 aliphatic rings. The molecule has 2 aromatic rings. The van der Waals surface area contributed by atoms with Gasteiger partial charge in [-0.1, -0.05) is 60.7 Å². The molecule has 1 atom stereocenters. The Morgan fingerprint density at radius 1 is 0.957 bits per heavy atom. The standard InChI is InChI=1S/C21H27NO/c1-18(22(2)3)17-21(15-10-16-23,19-11-6-4-7-12-19)20-13-8-5-9-14-20/h4-9,11-14,16,18H,10,15,17H2,1-3H3. The van der Waals surface area contributed by atoms with Crippen molar-refractivity contribution in [3.63, 3.8) is 0 Å². The lowest BCUT2D eigenvalue weighted by Gasteiger charge is -2.39. The molecule has 0 radical (unpaired) electrons. The number of nitrogens with zero attached hydrogens (tertiary/aromatic N) is 1. The van der Waals surface area contributed by atoms with E-state index in [0.29, 0.717) is 12.5 Å². The van der Waals surface area contributed by atoms with Crippen LogP contribution in [0.4, 0.5) is 0 Å². The molecule has 122 valence electrons. The average molecular weight is 309 g/mol. The van der Waals surface area contributed by atoms with E-state index in [0.717, 1.165) is 19.1 Å². The minimum atomic E-state index is -0.132. The lowest BCUT2D eigenvalue weighted by Crippen LogP contribution is -2.37. The molecule has 0 N–H and O–H groups in total. The molecule has 0 saturated heterocycles. The van der Waals surface area contributed by atoms with Crippen LogP contribution in [-0.4, -0.2) is 31.3 Å². The summed E-state index contributed by atoms with van der Waals surface area (Å²) in [5, 5.41) is 0. The molecular formula is C21H27NO. The van der Waals surface area contributed by atoms with Gasteiger partial charge in [-0.3, -0.25) is 0 Å². The summed E-state index contributed by atoms with van der Waals surface area (Å²) < 4.78 is 0. The van der Waals surface area contributed by atoms with Gasteiger partial charge < -0.3 is 9.69 Å². The minimum Gasteiger partial charge on any atom is -0.307 e. The van der Waals surface area contributed by atoms with Crippen LogP contribution in [0.5, 0.6) is 0 Å². The Labute approximate surface area is 140 Å². The van der Waals surface area contributed by atoms with Crippen LogP contribution < -0.4 is 0 Å². The van der Waals surface area contributed by atoms with Crippen LogP contribution in [0.2, 0.25) is 0 Å². The summed E-state index contributed by atoms with van der Waals surface area (Å²) in [6.07, 6.45) is 3.44. The van der Waals surface area contributed by atoms with Crippen molar-refractivity contribution < 1.29 is 4.79 Å². The van der Waals surface area contributed by atoms with Gasteiger partial charge >= 0.3 is 0 Å². The Balaban J connectivity index is 2.55. The summed E-state index contributed by atoms with van der Waals surface area (Å²) in [5.74, 6) is 0. The molecule has 0 aliphatic heterocycles. The van der Waals surface area contributed by atoms with Crippen molar-refractivity contribution in [2.45, 2.75) is 37.6 Å². The van der Waals surface area contributed by atoms with Crippen LogP contribution in [0.3, 0.4) is 0 Å². The van der Waals surface area contributed by atoms with Gasteiger partial charge in [-0.2, -0.15) is 0 Å². The lowest BCUT2D eigenvalue weighted by molar-refractivity contribution is -0.108. The number of carbonyl (C=O) groups excluding carboxylic acids is 1. The van der Waals surface area contributed by atoms with E-state index in [1.807, 2.05) is 12.1 Å². The Kier molecular flexibility index (Phi) is 6.12. The van der Waals surface area contributed by atoms with Crippen molar-refractivity contribution in [3.8, 4) is 0 Å². The van der Waals surface area contributed by atoms with E-state index in [4.69, 9.17) is 0 Å². The van der Waals surface area contributed by atoms with Gasteiger partial charge in [0.05, 0.1) is 0 Å². The van der Waals surface area contributed by atoms with Crippen LogP contribution in [0, 0.1) is 0 Å². The number of aldehydes is 1. The van der Waals surface area contributed by atoms with Crippen molar-refractivity contribution in [1.29, 1.82) is 0 Å². The van der Waals surface area contributed by atoms with E-state index < -0.39 is 0 Å². The fraction of sp³-hybridized carbons (Fsp3) is 0.381. The van der Waals surface area contributed by atoms with Gasteiger partial charge in [0.1, 0.15) is 6.29 Å². The van der Waals surface area contributed by atoms with Crippen LogP contribution in [0.15, 0.2) is 60.7 Å². The Bertz CT molecular complexity index is 552. The van der Waals surface area contributed by atoms with Crippen molar-refractivity contribution in [2.24, 2.45) is 0 Å². The minimum absolute atomic E-state index is 0.132. The molecule has 0 amide bonds. The van der Waals surface area contributed by atoms with Crippen molar-refractivity contribution >= 4 is 6.29 Å². The zero-order valence-corrected chi connectivity index (χ0v) is 14.4. The summed E-state index contributed by atoms with van der Waals surface area (Å²) >= 11 is 0. The highest BCUT2D eigenvalue weighted by atomic mass is 16.1. The summed E-state index contributed by atoms with van der Waals surface area (Å²) in [6, 6.07) is 21.7. The highest BCUT2D eigenvalue weighted by molar-refractivity contribution is 5.51. The van der Waals surface area contributed by atoms with Gasteiger partial charge in [-0.15, -0.1) is 0 Å². The van der Waals surface area contributed by atoms with E-state index in [-0.39, 0.29) is 5.41 Å². The summed E-state index contributed by atoms with van der Waals surface area (Å²) in [6.45, 7) is 2.25. The third-order valence-electron chi connectivity index (χ3n) is 4.87. The summed E-state index contributed by atoms with van der Waals surface area (Å²) in [5.41, 5.74) is 2.45. The van der Waals surface area contributed by atoms with Gasteiger partial charge in [0, 0.05) is 17.9 Å². The zero-order valence-electron chi connectivity index (χ0n) is 14.4. The van der Waals surface area contributed by atoms with Gasteiger partial charge in [0.15, 0.2) is 0 Å². The maximum absolute atomic E-state index is 11.1. The van der Waals surface area contributed by atoms with E-state index >= 15 is 0 Å². The first-order chi connectivity index (χ1) is 11.1. The van der Waals surface area contributed by atoms with Crippen molar-refractivity contribution in [3.05, 3.63) is 71.8 Å². The topological polar surface area (TPSA) is 20.3 Å². The quantitative estimate of drug-likeness (QED) is 0.678. The van der Waals surface area contributed by atoms with Gasteiger partial charge in [-0.05, 0) is 45.0 Å². The number of carbonyl (C=O) groups is 1.